The van der Waals surface area contributed by atoms with Gasteiger partial charge in [0.05, 0.1) is 5.69 Å². The Balaban J connectivity index is 2.20. The van der Waals surface area contributed by atoms with Crippen LogP contribution in [0.1, 0.15) is 11.3 Å². The first kappa shape index (κ1) is 11.4. The van der Waals surface area contributed by atoms with Gasteiger partial charge in [-0.05, 0) is 25.1 Å². The minimum atomic E-state index is 0.662. The lowest BCUT2D eigenvalue weighted by atomic mass is 10.1. The van der Waals surface area contributed by atoms with Crippen molar-refractivity contribution in [2.75, 3.05) is 38.6 Å². The lowest BCUT2D eigenvalue weighted by Gasteiger charge is -2.26. The van der Waals surface area contributed by atoms with Gasteiger partial charge in [-0.3, -0.25) is 0 Å². The van der Waals surface area contributed by atoms with Crippen molar-refractivity contribution in [2.24, 2.45) is 5.73 Å². The van der Waals surface area contributed by atoms with Crippen molar-refractivity contribution in [3.05, 3.63) is 23.4 Å². The molecule has 0 fully saturated rings. The zero-order valence-corrected chi connectivity index (χ0v) is 10.1. The van der Waals surface area contributed by atoms with Crippen molar-refractivity contribution >= 4 is 5.82 Å². The van der Waals surface area contributed by atoms with E-state index in [0.29, 0.717) is 6.54 Å². The van der Waals surface area contributed by atoms with Crippen molar-refractivity contribution in [2.45, 2.75) is 13.0 Å². The predicted octanol–water partition coefficient (Wildman–Crippen LogP) is 0.464. The molecule has 0 saturated carbocycles. The molecule has 1 aliphatic rings. The second-order valence-corrected chi connectivity index (χ2v) is 4.47. The molecule has 2 N–H and O–H groups in total. The van der Waals surface area contributed by atoms with E-state index in [4.69, 9.17) is 10.7 Å². The van der Waals surface area contributed by atoms with Crippen LogP contribution in [0.5, 0.6) is 0 Å². The molecule has 4 heteroatoms. The van der Waals surface area contributed by atoms with Gasteiger partial charge in [0.1, 0.15) is 5.82 Å². The van der Waals surface area contributed by atoms with Gasteiger partial charge in [0.15, 0.2) is 0 Å². The molecule has 2 rings (SSSR count). The molecule has 0 atom stereocenters. The van der Waals surface area contributed by atoms with Crippen LogP contribution in [0.4, 0.5) is 5.82 Å². The van der Waals surface area contributed by atoms with E-state index in [1.165, 1.54) is 11.3 Å². The average molecular weight is 220 g/mol. The molecule has 4 nitrogen and oxygen atoms in total. The molecule has 0 aliphatic carbocycles. The molecule has 0 aromatic carbocycles. The fourth-order valence-electron chi connectivity index (χ4n) is 2.05. The zero-order valence-electron chi connectivity index (χ0n) is 10.1. The summed E-state index contributed by atoms with van der Waals surface area (Å²) in [5, 5.41) is 0. The first-order chi connectivity index (χ1) is 7.70. The third-order valence-electron chi connectivity index (χ3n) is 3.09. The monoisotopic (exact) mass is 220 g/mol. The average Bonchev–Trinajstić information content (AvgIpc) is 2.28. The van der Waals surface area contributed by atoms with Crippen LogP contribution in [-0.2, 0) is 13.0 Å². The van der Waals surface area contributed by atoms with E-state index in [-0.39, 0.29) is 0 Å². The molecule has 0 spiro atoms. The summed E-state index contributed by atoms with van der Waals surface area (Å²) < 4.78 is 0. The second kappa shape index (κ2) is 4.80. The smallest absolute Gasteiger partial charge is 0.128 e. The maximum atomic E-state index is 5.55. The second-order valence-electron chi connectivity index (χ2n) is 4.47. The summed E-state index contributed by atoms with van der Waals surface area (Å²) in [7, 11) is 4.18. The van der Waals surface area contributed by atoms with Crippen LogP contribution >= 0.6 is 0 Å². The first-order valence-electron chi connectivity index (χ1n) is 5.79. The summed E-state index contributed by atoms with van der Waals surface area (Å²) in [5.41, 5.74) is 8.16. The van der Waals surface area contributed by atoms with E-state index in [1.54, 1.807) is 0 Å². The van der Waals surface area contributed by atoms with E-state index in [2.05, 4.69) is 29.0 Å². The highest BCUT2D eigenvalue weighted by Gasteiger charge is 2.15. The van der Waals surface area contributed by atoms with E-state index in [0.717, 1.165) is 31.9 Å². The number of hydrogen-bond donors (Lipinski definition) is 1. The van der Waals surface area contributed by atoms with Crippen LogP contribution in [0.25, 0.3) is 0 Å². The van der Waals surface area contributed by atoms with Crippen molar-refractivity contribution < 1.29 is 0 Å². The molecule has 1 aromatic rings. The van der Waals surface area contributed by atoms with E-state index >= 15 is 0 Å². The standard InChI is InChI=1S/C12H20N4/c1-15-7-5-10-3-4-12(14-11(10)9-15)16(2)8-6-13/h3-4H,5-9,13H2,1-2H3. The van der Waals surface area contributed by atoms with Gasteiger partial charge in [-0.15, -0.1) is 0 Å². The molecule has 1 aromatic heterocycles. The van der Waals surface area contributed by atoms with Crippen LogP contribution in [-0.4, -0.2) is 43.6 Å². The fourth-order valence-corrected chi connectivity index (χ4v) is 2.05. The van der Waals surface area contributed by atoms with E-state index in [9.17, 15) is 0 Å². The Hall–Kier alpha value is -1.13. The highest BCUT2D eigenvalue weighted by Crippen LogP contribution is 2.19. The summed E-state index contributed by atoms with van der Waals surface area (Å²) in [6.45, 7) is 3.60. The maximum absolute atomic E-state index is 5.55. The number of rotatable bonds is 3. The number of pyridine rings is 1. The number of anilines is 1. The van der Waals surface area contributed by atoms with Gasteiger partial charge in [0.2, 0.25) is 0 Å². The van der Waals surface area contributed by atoms with Crippen molar-refractivity contribution in [1.29, 1.82) is 0 Å². The summed E-state index contributed by atoms with van der Waals surface area (Å²) >= 11 is 0. The Labute approximate surface area is 97.1 Å². The SMILES string of the molecule is CN1CCc2ccc(N(C)CCN)nc2C1. The number of aromatic nitrogens is 1. The summed E-state index contributed by atoms with van der Waals surface area (Å²) in [4.78, 5) is 9.12. The lowest BCUT2D eigenvalue weighted by Crippen LogP contribution is -2.29. The van der Waals surface area contributed by atoms with Gasteiger partial charge < -0.3 is 15.5 Å². The number of fused-ring (bicyclic) bond motifs is 1. The fraction of sp³-hybridized carbons (Fsp3) is 0.583. The first-order valence-corrected chi connectivity index (χ1v) is 5.79. The number of hydrogen-bond acceptors (Lipinski definition) is 4. The normalized spacial score (nSPS) is 15.9. The molecule has 2 heterocycles. The van der Waals surface area contributed by atoms with Gasteiger partial charge in [-0.1, -0.05) is 6.07 Å². The zero-order chi connectivity index (χ0) is 11.5. The van der Waals surface area contributed by atoms with Crippen LogP contribution in [0.15, 0.2) is 12.1 Å². The number of likely N-dealkylation sites (N-methyl/N-ethyl adjacent to an activating group) is 2. The lowest BCUT2D eigenvalue weighted by molar-refractivity contribution is 0.307. The molecule has 0 unspecified atom stereocenters. The van der Waals surface area contributed by atoms with Crippen LogP contribution in [0, 0.1) is 0 Å². The van der Waals surface area contributed by atoms with Crippen molar-refractivity contribution in [1.82, 2.24) is 9.88 Å². The van der Waals surface area contributed by atoms with Crippen LogP contribution in [0.3, 0.4) is 0 Å². The Morgan fingerprint density at radius 3 is 3.06 bits per heavy atom. The Morgan fingerprint density at radius 2 is 2.31 bits per heavy atom. The summed E-state index contributed by atoms with van der Waals surface area (Å²) in [6.07, 6.45) is 1.11. The Kier molecular flexibility index (Phi) is 3.41. The van der Waals surface area contributed by atoms with Gasteiger partial charge in [0.25, 0.3) is 0 Å². The van der Waals surface area contributed by atoms with Gasteiger partial charge in [0, 0.05) is 33.2 Å². The van der Waals surface area contributed by atoms with E-state index < -0.39 is 0 Å². The number of nitrogens with two attached hydrogens (primary N) is 1. The topological polar surface area (TPSA) is 45.4 Å². The summed E-state index contributed by atoms with van der Waals surface area (Å²) in [6, 6.07) is 4.30. The molecule has 1 aliphatic heterocycles. The number of nitrogens with zero attached hydrogens (tertiary/aromatic N) is 3. The van der Waals surface area contributed by atoms with Gasteiger partial charge >= 0.3 is 0 Å². The van der Waals surface area contributed by atoms with Crippen molar-refractivity contribution in [3.63, 3.8) is 0 Å². The third-order valence-corrected chi connectivity index (χ3v) is 3.09. The van der Waals surface area contributed by atoms with Crippen molar-refractivity contribution in [3.8, 4) is 0 Å². The Morgan fingerprint density at radius 1 is 1.50 bits per heavy atom. The third kappa shape index (κ3) is 2.33. The molecule has 0 amide bonds. The van der Waals surface area contributed by atoms with E-state index in [1.807, 2.05) is 7.05 Å². The minimum absolute atomic E-state index is 0.662. The molecule has 0 radical (unpaired) electrons. The largest absolute Gasteiger partial charge is 0.358 e. The van der Waals surface area contributed by atoms with Crippen LogP contribution < -0.4 is 10.6 Å². The Bertz CT molecular complexity index is 364. The molecule has 88 valence electrons. The molecule has 0 bridgehead atoms. The molecule has 16 heavy (non-hydrogen) atoms. The predicted molar refractivity (Wildman–Crippen MR) is 66.6 cm³/mol. The molecular formula is C12H20N4. The summed E-state index contributed by atoms with van der Waals surface area (Å²) in [5.74, 6) is 1.03. The van der Waals surface area contributed by atoms with Gasteiger partial charge in [-0.2, -0.15) is 0 Å². The minimum Gasteiger partial charge on any atom is -0.358 e. The quantitative estimate of drug-likeness (QED) is 0.804. The molecular weight excluding hydrogens is 200 g/mol. The maximum Gasteiger partial charge on any atom is 0.128 e. The highest BCUT2D eigenvalue weighted by atomic mass is 15.2. The highest BCUT2D eigenvalue weighted by molar-refractivity contribution is 5.41. The van der Waals surface area contributed by atoms with Crippen LogP contribution in [0.2, 0.25) is 0 Å². The van der Waals surface area contributed by atoms with Gasteiger partial charge in [-0.25, -0.2) is 4.98 Å². The molecule has 0 saturated heterocycles.